The standard InChI is InChI=1S/C24H25N3O4S/c1-17(28)27-16-24(2,3)31-23-9-8-21(15-22(23)27)32(29,30)26-20-6-4-18(5-7-20)14-19-10-12-25-13-11-19/h4-13,15,26H,14,16H2,1-3H3. The van der Waals surface area contributed by atoms with E-state index < -0.39 is 15.6 Å². The van der Waals surface area contributed by atoms with Gasteiger partial charge in [0.2, 0.25) is 5.91 Å². The third kappa shape index (κ3) is 4.75. The first-order chi connectivity index (χ1) is 15.1. The molecular weight excluding hydrogens is 426 g/mol. The zero-order valence-corrected chi connectivity index (χ0v) is 19.0. The summed E-state index contributed by atoms with van der Waals surface area (Å²) in [6.07, 6.45) is 4.23. The lowest BCUT2D eigenvalue weighted by Crippen LogP contribution is -2.48. The first-order valence-electron chi connectivity index (χ1n) is 10.2. The Kier molecular flexibility index (Phi) is 5.64. The maximum atomic E-state index is 13.0. The molecule has 1 aromatic heterocycles. The fourth-order valence-corrected chi connectivity index (χ4v) is 4.76. The van der Waals surface area contributed by atoms with Gasteiger partial charge in [0.15, 0.2) is 0 Å². The lowest BCUT2D eigenvalue weighted by atomic mass is 10.1. The first-order valence-corrected chi connectivity index (χ1v) is 11.7. The second-order valence-corrected chi connectivity index (χ2v) is 10.1. The number of carbonyl (C=O) groups is 1. The van der Waals surface area contributed by atoms with Crippen LogP contribution >= 0.6 is 0 Å². The van der Waals surface area contributed by atoms with E-state index in [0.717, 1.165) is 17.5 Å². The van der Waals surface area contributed by atoms with Crippen molar-refractivity contribution in [3.8, 4) is 5.75 Å². The van der Waals surface area contributed by atoms with E-state index in [4.69, 9.17) is 4.74 Å². The summed E-state index contributed by atoms with van der Waals surface area (Å²) >= 11 is 0. The van der Waals surface area contributed by atoms with Gasteiger partial charge in [-0.3, -0.25) is 14.5 Å². The van der Waals surface area contributed by atoms with Crippen LogP contribution in [0.2, 0.25) is 0 Å². The summed E-state index contributed by atoms with van der Waals surface area (Å²) in [5.41, 5.74) is 2.54. The van der Waals surface area contributed by atoms with Crippen LogP contribution in [-0.2, 0) is 21.2 Å². The number of nitrogens with zero attached hydrogens (tertiary/aromatic N) is 2. The average molecular weight is 452 g/mol. The van der Waals surface area contributed by atoms with Gasteiger partial charge in [0, 0.05) is 25.0 Å². The molecule has 8 heteroatoms. The van der Waals surface area contributed by atoms with Crippen LogP contribution in [0.1, 0.15) is 31.9 Å². The Morgan fingerprint density at radius 2 is 1.72 bits per heavy atom. The van der Waals surface area contributed by atoms with Crippen molar-refractivity contribution in [1.82, 2.24) is 4.98 Å². The molecule has 0 bridgehead atoms. The number of rotatable bonds is 5. The summed E-state index contributed by atoms with van der Waals surface area (Å²) in [4.78, 5) is 17.8. The molecule has 0 atom stereocenters. The van der Waals surface area contributed by atoms with Gasteiger partial charge in [0.25, 0.3) is 10.0 Å². The number of anilines is 2. The van der Waals surface area contributed by atoms with Gasteiger partial charge in [-0.15, -0.1) is 0 Å². The number of benzene rings is 2. The topological polar surface area (TPSA) is 88.6 Å². The highest BCUT2D eigenvalue weighted by Gasteiger charge is 2.34. The van der Waals surface area contributed by atoms with Crippen molar-refractivity contribution >= 4 is 27.3 Å². The van der Waals surface area contributed by atoms with Gasteiger partial charge < -0.3 is 9.64 Å². The zero-order valence-electron chi connectivity index (χ0n) is 18.2. The summed E-state index contributed by atoms with van der Waals surface area (Å²) in [5, 5.41) is 0. The zero-order chi connectivity index (χ0) is 22.9. The smallest absolute Gasteiger partial charge is 0.261 e. The molecule has 166 valence electrons. The largest absolute Gasteiger partial charge is 0.484 e. The maximum Gasteiger partial charge on any atom is 0.261 e. The molecule has 0 saturated carbocycles. The van der Waals surface area contributed by atoms with E-state index in [9.17, 15) is 13.2 Å². The Labute approximate surface area is 188 Å². The number of ether oxygens (including phenoxy) is 1. The monoisotopic (exact) mass is 451 g/mol. The highest BCUT2D eigenvalue weighted by Crippen LogP contribution is 2.38. The molecule has 1 aliphatic rings. The molecule has 0 aliphatic carbocycles. The highest BCUT2D eigenvalue weighted by atomic mass is 32.2. The SMILES string of the molecule is CC(=O)N1CC(C)(C)Oc2ccc(S(=O)(=O)Nc3ccc(Cc4ccncc4)cc3)cc21. The van der Waals surface area contributed by atoms with Gasteiger partial charge in [-0.05, 0) is 73.9 Å². The molecule has 0 saturated heterocycles. The van der Waals surface area contributed by atoms with Crippen molar-refractivity contribution in [3.05, 3.63) is 78.1 Å². The lowest BCUT2D eigenvalue weighted by molar-refractivity contribution is -0.117. The van der Waals surface area contributed by atoms with Crippen molar-refractivity contribution < 1.29 is 17.9 Å². The summed E-state index contributed by atoms with van der Waals surface area (Å²) in [6, 6.07) is 15.7. The van der Waals surface area contributed by atoms with E-state index in [0.29, 0.717) is 23.7 Å². The number of sulfonamides is 1. The molecule has 1 N–H and O–H groups in total. The van der Waals surface area contributed by atoms with Crippen molar-refractivity contribution in [2.75, 3.05) is 16.2 Å². The maximum absolute atomic E-state index is 13.0. The van der Waals surface area contributed by atoms with Crippen LogP contribution in [0.4, 0.5) is 11.4 Å². The van der Waals surface area contributed by atoms with E-state index >= 15 is 0 Å². The molecule has 0 radical (unpaired) electrons. The van der Waals surface area contributed by atoms with Crippen LogP contribution in [0.5, 0.6) is 5.75 Å². The van der Waals surface area contributed by atoms with Crippen molar-refractivity contribution in [2.45, 2.75) is 37.7 Å². The van der Waals surface area contributed by atoms with Crippen LogP contribution in [0, 0.1) is 0 Å². The Morgan fingerprint density at radius 1 is 1.06 bits per heavy atom. The molecular formula is C24H25N3O4S. The van der Waals surface area contributed by atoms with Gasteiger partial charge in [-0.25, -0.2) is 8.42 Å². The molecule has 1 amide bonds. The molecule has 2 aromatic carbocycles. The van der Waals surface area contributed by atoms with Gasteiger partial charge >= 0.3 is 0 Å². The predicted molar refractivity (Wildman–Crippen MR) is 123 cm³/mol. The minimum atomic E-state index is -3.85. The van der Waals surface area contributed by atoms with E-state index in [1.54, 1.807) is 35.5 Å². The van der Waals surface area contributed by atoms with E-state index in [-0.39, 0.29) is 10.8 Å². The van der Waals surface area contributed by atoms with E-state index in [1.807, 2.05) is 38.1 Å². The fourth-order valence-electron chi connectivity index (χ4n) is 3.68. The predicted octanol–water partition coefficient (Wildman–Crippen LogP) is 4.00. The van der Waals surface area contributed by atoms with Crippen LogP contribution in [0.3, 0.4) is 0 Å². The molecule has 1 aliphatic heterocycles. The molecule has 7 nitrogen and oxygen atoms in total. The summed E-state index contributed by atoms with van der Waals surface area (Å²) in [5.74, 6) is 0.311. The fraction of sp³-hybridized carbons (Fsp3) is 0.250. The number of aromatic nitrogens is 1. The average Bonchev–Trinajstić information content (AvgIpc) is 2.74. The quantitative estimate of drug-likeness (QED) is 0.634. The van der Waals surface area contributed by atoms with Gasteiger partial charge in [-0.1, -0.05) is 12.1 Å². The van der Waals surface area contributed by atoms with Crippen LogP contribution < -0.4 is 14.4 Å². The molecule has 3 aromatic rings. The number of hydrogen-bond acceptors (Lipinski definition) is 5. The molecule has 0 unspecified atom stereocenters. The minimum Gasteiger partial charge on any atom is -0.484 e. The van der Waals surface area contributed by atoms with E-state index in [2.05, 4.69) is 9.71 Å². The normalized spacial score (nSPS) is 14.9. The second-order valence-electron chi connectivity index (χ2n) is 8.43. The summed E-state index contributed by atoms with van der Waals surface area (Å²) in [6.45, 7) is 5.57. The van der Waals surface area contributed by atoms with Gasteiger partial charge in [-0.2, -0.15) is 0 Å². The third-order valence-electron chi connectivity index (χ3n) is 5.20. The number of pyridine rings is 1. The number of amides is 1. The lowest BCUT2D eigenvalue weighted by Gasteiger charge is -2.39. The molecule has 0 fully saturated rings. The van der Waals surface area contributed by atoms with Gasteiger partial charge in [0.1, 0.15) is 11.4 Å². The number of carbonyl (C=O) groups excluding carboxylic acids is 1. The van der Waals surface area contributed by atoms with Crippen molar-refractivity contribution in [3.63, 3.8) is 0 Å². The Morgan fingerprint density at radius 3 is 2.38 bits per heavy atom. The molecule has 2 heterocycles. The van der Waals surface area contributed by atoms with Crippen LogP contribution in [-0.4, -0.2) is 31.5 Å². The van der Waals surface area contributed by atoms with Crippen LogP contribution in [0.15, 0.2) is 71.9 Å². The molecule has 4 rings (SSSR count). The number of fused-ring (bicyclic) bond motifs is 1. The molecule has 0 spiro atoms. The Bertz CT molecular complexity index is 1240. The number of nitrogens with one attached hydrogen (secondary N) is 1. The molecule has 32 heavy (non-hydrogen) atoms. The van der Waals surface area contributed by atoms with Crippen molar-refractivity contribution in [2.24, 2.45) is 0 Å². The van der Waals surface area contributed by atoms with Crippen LogP contribution in [0.25, 0.3) is 0 Å². The summed E-state index contributed by atoms with van der Waals surface area (Å²) in [7, 11) is -3.85. The Balaban J connectivity index is 1.55. The van der Waals surface area contributed by atoms with Crippen molar-refractivity contribution in [1.29, 1.82) is 0 Å². The van der Waals surface area contributed by atoms with E-state index in [1.165, 1.54) is 19.1 Å². The summed E-state index contributed by atoms with van der Waals surface area (Å²) < 4.78 is 34.6. The highest BCUT2D eigenvalue weighted by molar-refractivity contribution is 7.92. The first kappa shape index (κ1) is 21.8. The number of hydrogen-bond donors (Lipinski definition) is 1. The second kappa shape index (κ2) is 8.27. The Hall–Kier alpha value is -3.39. The van der Waals surface area contributed by atoms with Gasteiger partial charge in [0.05, 0.1) is 17.1 Å². The minimum absolute atomic E-state index is 0.0617. The third-order valence-corrected chi connectivity index (χ3v) is 6.58.